The molecule has 0 bridgehead atoms. The Hall–Kier alpha value is -3.76. The molecular weight excluding hydrogens is 362 g/mol. The second kappa shape index (κ2) is 8.29. The molecule has 0 radical (unpaired) electrons. The first-order valence-corrected chi connectivity index (χ1v) is 8.74. The van der Waals surface area contributed by atoms with Crippen molar-refractivity contribution in [1.29, 1.82) is 0 Å². The number of aromatic nitrogens is 5. The van der Waals surface area contributed by atoms with E-state index < -0.39 is 5.91 Å². The van der Waals surface area contributed by atoms with E-state index in [-0.39, 0.29) is 17.3 Å². The third-order valence-electron chi connectivity index (χ3n) is 4.15. The number of amides is 1. The summed E-state index contributed by atoms with van der Waals surface area (Å²) in [5, 5.41) is 18.8. The Labute approximate surface area is 161 Å². The number of hydrogen-bond donors (Lipinski definition) is 2. The van der Waals surface area contributed by atoms with Gasteiger partial charge in [-0.1, -0.05) is 17.3 Å². The van der Waals surface area contributed by atoms with E-state index in [4.69, 9.17) is 5.73 Å². The van der Waals surface area contributed by atoms with Gasteiger partial charge in [-0.25, -0.2) is 10.1 Å². The molecular formula is C17H21N9O2. The van der Waals surface area contributed by atoms with Crippen molar-refractivity contribution in [3.8, 4) is 5.82 Å². The number of rotatable bonds is 7. The zero-order valence-electron chi connectivity index (χ0n) is 15.8. The van der Waals surface area contributed by atoms with E-state index in [0.29, 0.717) is 5.69 Å². The minimum atomic E-state index is -0.513. The van der Waals surface area contributed by atoms with Gasteiger partial charge in [-0.3, -0.25) is 4.79 Å². The fourth-order valence-electron chi connectivity index (χ4n) is 2.68. The molecule has 0 aliphatic heterocycles. The summed E-state index contributed by atoms with van der Waals surface area (Å²) < 4.78 is 5.70. The van der Waals surface area contributed by atoms with E-state index in [2.05, 4.69) is 54.5 Å². The lowest BCUT2D eigenvalue weighted by Crippen LogP contribution is -2.23. The van der Waals surface area contributed by atoms with Crippen LogP contribution in [0.1, 0.15) is 35.6 Å². The minimum Gasteiger partial charge on any atom is -0.378 e. The predicted molar refractivity (Wildman–Crippen MR) is 103 cm³/mol. The van der Waals surface area contributed by atoms with Crippen molar-refractivity contribution in [2.75, 3.05) is 23.7 Å². The van der Waals surface area contributed by atoms with Crippen LogP contribution in [0.4, 0.5) is 11.5 Å². The van der Waals surface area contributed by atoms with Crippen LogP contribution in [0.2, 0.25) is 0 Å². The van der Waals surface area contributed by atoms with E-state index in [1.54, 1.807) is 13.1 Å². The van der Waals surface area contributed by atoms with Gasteiger partial charge in [0.05, 0.1) is 11.9 Å². The molecule has 0 saturated heterocycles. The van der Waals surface area contributed by atoms with Gasteiger partial charge in [-0.05, 0) is 48.8 Å². The monoisotopic (exact) mass is 383 g/mol. The first kappa shape index (κ1) is 19.0. The number of nitrogen functional groups attached to an aromatic ring is 1. The summed E-state index contributed by atoms with van der Waals surface area (Å²) in [6, 6.07) is 7.89. The molecule has 2 heterocycles. The van der Waals surface area contributed by atoms with E-state index in [1.807, 2.05) is 24.3 Å². The van der Waals surface area contributed by atoms with Crippen LogP contribution in [-0.4, -0.2) is 50.5 Å². The van der Waals surface area contributed by atoms with E-state index >= 15 is 0 Å². The lowest BCUT2D eigenvalue weighted by atomic mass is 10.2. The highest BCUT2D eigenvalue weighted by Crippen LogP contribution is 2.15. The van der Waals surface area contributed by atoms with Gasteiger partial charge in [-0.15, -0.1) is 5.10 Å². The molecule has 28 heavy (non-hydrogen) atoms. The summed E-state index contributed by atoms with van der Waals surface area (Å²) in [5.74, 6) is -0.432. The predicted octanol–water partition coefficient (Wildman–Crippen LogP) is 1.15. The van der Waals surface area contributed by atoms with Crippen molar-refractivity contribution in [3.05, 3.63) is 41.2 Å². The number of hydrazone groups is 1. The third-order valence-corrected chi connectivity index (χ3v) is 4.15. The van der Waals surface area contributed by atoms with Crippen LogP contribution in [0.25, 0.3) is 5.82 Å². The molecule has 0 fully saturated rings. The number of carbonyl (C=O) groups excluding carboxylic acids is 1. The summed E-state index contributed by atoms with van der Waals surface area (Å²) in [6.07, 6.45) is 1.55. The van der Waals surface area contributed by atoms with Gasteiger partial charge in [0.1, 0.15) is 0 Å². The zero-order valence-corrected chi connectivity index (χ0v) is 15.8. The first-order valence-electron chi connectivity index (χ1n) is 8.74. The second-order valence-corrected chi connectivity index (χ2v) is 5.87. The quantitative estimate of drug-likeness (QED) is 0.457. The molecule has 0 unspecified atom stereocenters. The fraction of sp³-hybridized carbons (Fsp3) is 0.294. The number of benzene rings is 1. The van der Waals surface area contributed by atoms with Gasteiger partial charge < -0.3 is 10.6 Å². The van der Waals surface area contributed by atoms with Gasteiger partial charge in [0.2, 0.25) is 11.6 Å². The van der Waals surface area contributed by atoms with Crippen molar-refractivity contribution in [2.24, 2.45) is 5.10 Å². The van der Waals surface area contributed by atoms with Crippen LogP contribution in [0, 0.1) is 6.92 Å². The molecule has 0 aliphatic carbocycles. The molecule has 1 aromatic carbocycles. The summed E-state index contributed by atoms with van der Waals surface area (Å²) in [5.41, 5.74) is 10.6. The zero-order chi connectivity index (χ0) is 20.1. The van der Waals surface area contributed by atoms with Gasteiger partial charge in [0.25, 0.3) is 5.91 Å². The Balaban J connectivity index is 1.71. The Morgan fingerprint density at radius 2 is 2.00 bits per heavy atom. The number of carbonyl (C=O) groups is 1. The van der Waals surface area contributed by atoms with Crippen LogP contribution >= 0.6 is 0 Å². The van der Waals surface area contributed by atoms with E-state index in [9.17, 15) is 4.79 Å². The largest absolute Gasteiger partial charge is 0.378 e. The average molecular weight is 383 g/mol. The fourth-order valence-corrected chi connectivity index (χ4v) is 2.68. The molecule has 11 nitrogen and oxygen atoms in total. The summed E-state index contributed by atoms with van der Waals surface area (Å²) >= 11 is 0. The maximum absolute atomic E-state index is 12.5. The van der Waals surface area contributed by atoms with Gasteiger partial charge in [-0.2, -0.15) is 9.78 Å². The summed E-state index contributed by atoms with van der Waals surface area (Å²) in [7, 11) is 0. The standard InChI is InChI=1S/C17H21N9O2/c1-4-25(5-2)13-8-6-12(7-9-13)10-19-21-17(27)14-11(3)20-24-26(14)16-15(18)22-28-23-16/h6-10H,4-5H2,1-3H3,(H2,18,22)(H,21,27)/b19-10+. The van der Waals surface area contributed by atoms with Crippen molar-refractivity contribution in [1.82, 2.24) is 30.7 Å². The molecule has 2 aromatic heterocycles. The number of nitrogens with two attached hydrogens (primary N) is 1. The minimum absolute atomic E-state index is 0.00394. The highest BCUT2D eigenvalue weighted by Gasteiger charge is 2.22. The smallest absolute Gasteiger partial charge is 0.292 e. The lowest BCUT2D eigenvalue weighted by Gasteiger charge is -2.20. The van der Waals surface area contributed by atoms with Crippen molar-refractivity contribution < 1.29 is 9.42 Å². The van der Waals surface area contributed by atoms with Crippen LogP contribution in [0.15, 0.2) is 34.0 Å². The van der Waals surface area contributed by atoms with Crippen LogP contribution in [0.5, 0.6) is 0 Å². The summed E-state index contributed by atoms with van der Waals surface area (Å²) in [6.45, 7) is 7.73. The molecule has 0 saturated carbocycles. The third kappa shape index (κ3) is 3.82. The Bertz CT molecular complexity index is 971. The van der Waals surface area contributed by atoms with Crippen molar-refractivity contribution in [3.63, 3.8) is 0 Å². The Morgan fingerprint density at radius 3 is 2.61 bits per heavy atom. The number of nitrogens with one attached hydrogen (secondary N) is 1. The van der Waals surface area contributed by atoms with Crippen LogP contribution in [0.3, 0.4) is 0 Å². The SMILES string of the molecule is CCN(CC)c1ccc(/C=N/NC(=O)c2c(C)nnn2-c2nonc2N)cc1. The molecule has 146 valence electrons. The molecule has 3 N–H and O–H groups in total. The number of aryl methyl sites for hydroxylation is 1. The molecule has 3 rings (SSSR count). The Kier molecular flexibility index (Phi) is 5.63. The van der Waals surface area contributed by atoms with Gasteiger partial charge in [0, 0.05) is 18.8 Å². The van der Waals surface area contributed by atoms with Crippen molar-refractivity contribution >= 4 is 23.6 Å². The molecule has 0 atom stereocenters. The van der Waals surface area contributed by atoms with Gasteiger partial charge >= 0.3 is 0 Å². The molecule has 1 amide bonds. The number of hydrogen-bond acceptors (Lipinski definition) is 9. The molecule has 0 aliphatic rings. The van der Waals surface area contributed by atoms with Crippen LogP contribution in [-0.2, 0) is 0 Å². The average Bonchev–Trinajstić information content (AvgIpc) is 3.29. The first-order chi connectivity index (χ1) is 13.5. The maximum Gasteiger partial charge on any atom is 0.292 e. The number of anilines is 2. The van der Waals surface area contributed by atoms with Crippen LogP contribution < -0.4 is 16.1 Å². The highest BCUT2D eigenvalue weighted by atomic mass is 16.6. The van der Waals surface area contributed by atoms with Crippen molar-refractivity contribution in [2.45, 2.75) is 20.8 Å². The molecule has 11 heteroatoms. The molecule has 3 aromatic rings. The highest BCUT2D eigenvalue weighted by molar-refractivity contribution is 5.94. The second-order valence-electron chi connectivity index (χ2n) is 5.87. The molecule has 0 spiro atoms. The maximum atomic E-state index is 12.5. The summed E-state index contributed by atoms with van der Waals surface area (Å²) in [4.78, 5) is 14.8. The number of nitrogens with zero attached hydrogens (tertiary/aromatic N) is 7. The lowest BCUT2D eigenvalue weighted by molar-refractivity contribution is 0.0946. The topological polar surface area (TPSA) is 140 Å². The van der Waals surface area contributed by atoms with Gasteiger partial charge in [0.15, 0.2) is 5.69 Å². The van der Waals surface area contributed by atoms with E-state index in [1.165, 1.54) is 0 Å². The normalized spacial score (nSPS) is 11.1. The Morgan fingerprint density at radius 1 is 1.29 bits per heavy atom. The van der Waals surface area contributed by atoms with E-state index in [0.717, 1.165) is 29.0 Å².